The summed E-state index contributed by atoms with van der Waals surface area (Å²) in [7, 11) is 0. The Balaban J connectivity index is 1.79. The van der Waals surface area contributed by atoms with Crippen LogP contribution >= 0.6 is 0 Å². The summed E-state index contributed by atoms with van der Waals surface area (Å²) in [6.07, 6.45) is 2.69. The van der Waals surface area contributed by atoms with Gasteiger partial charge in [0.15, 0.2) is 0 Å². The zero-order valence-corrected chi connectivity index (χ0v) is 9.33. The molecule has 0 saturated heterocycles. The van der Waals surface area contributed by atoms with E-state index in [9.17, 15) is 0 Å². The van der Waals surface area contributed by atoms with Crippen molar-refractivity contribution in [2.45, 2.75) is 26.3 Å². The van der Waals surface area contributed by atoms with Gasteiger partial charge in [-0.3, -0.25) is 0 Å². The first-order valence-corrected chi connectivity index (χ1v) is 5.81. The molecule has 0 amide bonds. The van der Waals surface area contributed by atoms with Crippen molar-refractivity contribution < 1.29 is 4.74 Å². The van der Waals surface area contributed by atoms with Crippen LogP contribution in [0.25, 0.3) is 0 Å². The van der Waals surface area contributed by atoms with Gasteiger partial charge in [-0.15, -0.1) is 0 Å². The predicted molar refractivity (Wildman–Crippen MR) is 62.0 cm³/mol. The molecular formula is C13H19NO. The number of hydrogen-bond donors (Lipinski definition) is 1. The van der Waals surface area contributed by atoms with Crippen LogP contribution in [0.1, 0.15) is 25.3 Å². The van der Waals surface area contributed by atoms with Gasteiger partial charge in [-0.25, -0.2) is 0 Å². The van der Waals surface area contributed by atoms with E-state index in [4.69, 9.17) is 4.74 Å². The van der Waals surface area contributed by atoms with Crippen molar-refractivity contribution in [3.63, 3.8) is 0 Å². The van der Waals surface area contributed by atoms with Gasteiger partial charge in [-0.2, -0.15) is 0 Å². The maximum Gasteiger partial charge on any atom is 0.119 e. The minimum Gasteiger partial charge on any atom is -0.493 e. The van der Waals surface area contributed by atoms with Gasteiger partial charge in [0.05, 0.1) is 6.61 Å². The van der Waals surface area contributed by atoms with Crippen molar-refractivity contribution in [3.05, 3.63) is 29.8 Å². The molecule has 2 heteroatoms. The molecule has 0 heterocycles. The summed E-state index contributed by atoms with van der Waals surface area (Å²) < 4.78 is 5.67. The van der Waals surface area contributed by atoms with Crippen LogP contribution < -0.4 is 10.1 Å². The summed E-state index contributed by atoms with van der Waals surface area (Å²) in [6, 6.07) is 8.39. The highest BCUT2D eigenvalue weighted by molar-refractivity contribution is 5.27. The number of ether oxygens (including phenoxy) is 1. The van der Waals surface area contributed by atoms with Crippen LogP contribution in [0.5, 0.6) is 5.75 Å². The molecule has 1 N–H and O–H groups in total. The van der Waals surface area contributed by atoms with Crippen LogP contribution in [-0.2, 0) is 6.54 Å². The minimum atomic E-state index is 0.825. The summed E-state index contributed by atoms with van der Waals surface area (Å²) in [5, 5.41) is 3.30. The van der Waals surface area contributed by atoms with Crippen molar-refractivity contribution in [3.8, 4) is 5.75 Å². The van der Waals surface area contributed by atoms with Crippen LogP contribution in [0.2, 0.25) is 0 Å². The zero-order valence-electron chi connectivity index (χ0n) is 9.33. The smallest absolute Gasteiger partial charge is 0.119 e. The van der Waals surface area contributed by atoms with Crippen LogP contribution in [0.3, 0.4) is 0 Å². The Kier molecular flexibility index (Phi) is 3.62. The van der Waals surface area contributed by atoms with Crippen molar-refractivity contribution >= 4 is 0 Å². The first-order chi connectivity index (χ1) is 7.38. The molecule has 2 rings (SSSR count). The fraction of sp³-hybridized carbons (Fsp3) is 0.538. The third kappa shape index (κ3) is 3.56. The highest BCUT2D eigenvalue weighted by Crippen LogP contribution is 2.29. The van der Waals surface area contributed by atoms with Crippen molar-refractivity contribution in [1.82, 2.24) is 5.32 Å². The van der Waals surface area contributed by atoms with E-state index in [0.717, 1.165) is 31.4 Å². The molecule has 15 heavy (non-hydrogen) atoms. The molecule has 0 spiro atoms. The van der Waals surface area contributed by atoms with E-state index < -0.39 is 0 Å². The number of rotatable bonds is 6. The zero-order chi connectivity index (χ0) is 10.5. The van der Waals surface area contributed by atoms with Crippen LogP contribution in [0.15, 0.2) is 24.3 Å². The van der Waals surface area contributed by atoms with Crippen molar-refractivity contribution in [2.75, 3.05) is 13.2 Å². The minimum absolute atomic E-state index is 0.825. The van der Waals surface area contributed by atoms with Gasteiger partial charge >= 0.3 is 0 Å². The highest BCUT2D eigenvalue weighted by Gasteiger charge is 2.21. The van der Waals surface area contributed by atoms with Crippen LogP contribution in [-0.4, -0.2) is 13.2 Å². The number of nitrogens with one attached hydrogen (secondary N) is 1. The predicted octanol–water partition coefficient (Wildman–Crippen LogP) is 2.58. The van der Waals surface area contributed by atoms with E-state index in [-0.39, 0.29) is 0 Å². The Labute approximate surface area is 91.6 Å². The lowest BCUT2D eigenvalue weighted by molar-refractivity contribution is 0.299. The lowest BCUT2D eigenvalue weighted by Gasteiger charge is -2.06. The van der Waals surface area contributed by atoms with E-state index in [0.29, 0.717) is 0 Å². The molecule has 0 atom stereocenters. The molecule has 0 aromatic heterocycles. The van der Waals surface area contributed by atoms with Crippen LogP contribution in [0.4, 0.5) is 0 Å². The van der Waals surface area contributed by atoms with Gasteiger partial charge < -0.3 is 10.1 Å². The van der Waals surface area contributed by atoms with Crippen molar-refractivity contribution in [2.24, 2.45) is 5.92 Å². The third-order valence-electron chi connectivity index (χ3n) is 2.69. The monoisotopic (exact) mass is 205 g/mol. The molecule has 2 nitrogen and oxygen atoms in total. The molecule has 82 valence electrons. The maximum atomic E-state index is 5.67. The molecule has 0 unspecified atom stereocenters. The fourth-order valence-electron chi connectivity index (χ4n) is 1.47. The molecule has 1 aliphatic carbocycles. The normalized spacial score (nSPS) is 15.3. The Morgan fingerprint density at radius 2 is 2.00 bits per heavy atom. The fourth-order valence-corrected chi connectivity index (χ4v) is 1.47. The number of hydrogen-bond acceptors (Lipinski definition) is 2. The summed E-state index contributed by atoms with van der Waals surface area (Å²) in [4.78, 5) is 0. The summed E-state index contributed by atoms with van der Waals surface area (Å²) in [6.45, 7) is 4.97. The van der Waals surface area contributed by atoms with E-state index in [1.165, 1.54) is 18.4 Å². The van der Waals surface area contributed by atoms with Gasteiger partial charge in [0.25, 0.3) is 0 Å². The Morgan fingerprint density at radius 3 is 2.60 bits per heavy atom. The summed E-state index contributed by atoms with van der Waals surface area (Å²) >= 11 is 0. The van der Waals surface area contributed by atoms with Crippen LogP contribution in [0, 0.1) is 5.92 Å². The molecule has 1 aromatic carbocycles. The van der Waals surface area contributed by atoms with Gasteiger partial charge in [0, 0.05) is 6.54 Å². The number of benzene rings is 1. The second-order valence-corrected chi connectivity index (χ2v) is 4.18. The molecule has 1 fully saturated rings. The standard InChI is InChI=1S/C13H19NO/c1-2-14-9-11-5-7-13(8-6-11)15-10-12-3-4-12/h5-8,12,14H,2-4,9-10H2,1H3. The Hall–Kier alpha value is -1.02. The molecular weight excluding hydrogens is 186 g/mol. The lowest BCUT2D eigenvalue weighted by atomic mass is 10.2. The topological polar surface area (TPSA) is 21.3 Å². The SMILES string of the molecule is CCNCc1ccc(OCC2CC2)cc1. The molecule has 1 aromatic rings. The summed E-state index contributed by atoms with van der Waals surface area (Å²) in [5.74, 6) is 1.83. The average Bonchev–Trinajstić information content (AvgIpc) is 3.09. The highest BCUT2D eigenvalue weighted by atomic mass is 16.5. The quantitative estimate of drug-likeness (QED) is 0.770. The Bertz CT molecular complexity index is 290. The second-order valence-electron chi connectivity index (χ2n) is 4.18. The molecule has 1 aliphatic rings. The van der Waals surface area contributed by atoms with Gasteiger partial charge in [-0.05, 0) is 43.0 Å². The van der Waals surface area contributed by atoms with Crippen molar-refractivity contribution in [1.29, 1.82) is 0 Å². The third-order valence-corrected chi connectivity index (χ3v) is 2.69. The summed E-state index contributed by atoms with van der Waals surface area (Å²) in [5.41, 5.74) is 1.32. The maximum absolute atomic E-state index is 5.67. The first kappa shape index (κ1) is 10.5. The largest absolute Gasteiger partial charge is 0.493 e. The molecule has 1 saturated carbocycles. The van der Waals surface area contributed by atoms with E-state index in [1.807, 2.05) is 0 Å². The lowest BCUT2D eigenvalue weighted by Crippen LogP contribution is -2.11. The van der Waals surface area contributed by atoms with Gasteiger partial charge in [0.2, 0.25) is 0 Å². The second kappa shape index (κ2) is 5.17. The van der Waals surface area contributed by atoms with E-state index in [2.05, 4.69) is 36.5 Å². The Morgan fingerprint density at radius 1 is 1.27 bits per heavy atom. The molecule has 0 radical (unpaired) electrons. The molecule has 0 bridgehead atoms. The molecule has 0 aliphatic heterocycles. The van der Waals surface area contributed by atoms with E-state index in [1.54, 1.807) is 0 Å². The van der Waals surface area contributed by atoms with E-state index >= 15 is 0 Å². The van der Waals surface area contributed by atoms with Gasteiger partial charge in [0.1, 0.15) is 5.75 Å². The first-order valence-electron chi connectivity index (χ1n) is 5.81. The van der Waals surface area contributed by atoms with Gasteiger partial charge in [-0.1, -0.05) is 19.1 Å². The average molecular weight is 205 g/mol.